The van der Waals surface area contributed by atoms with Crippen LogP contribution in [0.15, 0.2) is 16.7 Å². The topological polar surface area (TPSA) is 76.4 Å². The van der Waals surface area contributed by atoms with Crippen molar-refractivity contribution < 1.29 is 14.1 Å². The maximum Gasteiger partial charge on any atom is 0.340 e. The van der Waals surface area contributed by atoms with E-state index in [1.54, 1.807) is 6.07 Å². The SMILES string of the molecule is CCc1cc(C(=O)OC)c(NC(=S)Nc2cc(C(C)(C)C)on2)s1. The number of hydrogen-bond donors (Lipinski definition) is 2. The summed E-state index contributed by atoms with van der Waals surface area (Å²) in [5.74, 6) is 0.879. The van der Waals surface area contributed by atoms with Crippen LogP contribution in [0.25, 0.3) is 0 Å². The zero-order valence-corrected chi connectivity index (χ0v) is 16.0. The molecule has 6 nitrogen and oxygen atoms in total. The van der Waals surface area contributed by atoms with Crippen LogP contribution in [0.4, 0.5) is 10.8 Å². The van der Waals surface area contributed by atoms with Gasteiger partial charge in [-0.05, 0) is 24.7 Å². The molecule has 0 atom stereocenters. The van der Waals surface area contributed by atoms with Crippen LogP contribution in [-0.2, 0) is 16.6 Å². The van der Waals surface area contributed by atoms with E-state index in [1.807, 2.05) is 33.8 Å². The van der Waals surface area contributed by atoms with Crippen molar-refractivity contribution in [1.29, 1.82) is 0 Å². The summed E-state index contributed by atoms with van der Waals surface area (Å²) in [6.45, 7) is 8.13. The monoisotopic (exact) mass is 367 g/mol. The first kappa shape index (κ1) is 18.4. The summed E-state index contributed by atoms with van der Waals surface area (Å²) in [7, 11) is 1.36. The number of thiophene rings is 1. The molecule has 8 heteroatoms. The summed E-state index contributed by atoms with van der Waals surface area (Å²) >= 11 is 6.77. The molecule has 2 rings (SSSR count). The fraction of sp³-hybridized carbons (Fsp3) is 0.438. The number of nitrogens with one attached hydrogen (secondary N) is 2. The number of esters is 1. The van der Waals surface area contributed by atoms with Crippen LogP contribution in [0.5, 0.6) is 0 Å². The highest BCUT2D eigenvalue weighted by molar-refractivity contribution is 7.80. The average molecular weight is 367 g/mol. The van der Waals surface area contributed by atoms with E-state index in [1.165, 1.54) is 18.4 Å². The molecule has 0 amide bonds. The summed E-state index contributed by atoms with van der Waals surface area (Å²) < 4.78 is 10.1. The molecule has 0 radical (unpaired) electrons. The minimum atomic E-state index is -0.396. The van der Waals surface area contributed by atoms with Gasteiger partial charge in [0.25, 0.3) is 0 Å². The Morgan fingerprint density at radius 3 is 2.62 bits per heavy atom. The molecule has 0 aliphatic heterocycles. The largest absolute Gasteiger partial charge is 0.465 e. The molecule has 2 heterocycles. The Labute approximate surface area is 150 Å². The highest BCUT2D eigenvalue weighted by Crippen LogP contribution is 2.29. The molecule has 0 unspecified atom stereocenters. The van der Waals surface area contributed by atoms with E-state index in [0.717, 1.165) is 17.1 Å². The Morgan fingerprint density at radius 2 is 2.08 bits per heavy atom. The molecular weight excluding hydrogens is 346 g/mol. The molecule has 2 N–H and O–H groups in total. The van der Waals surface area contributed by atoms with Crippen LogP contribution in [-0.4, -0.2) is 23.3 Å². The minimum absolute atomic E-state index is 0.135. The number of aryl methyl sites for hydroxylation is 1. The molecule has 0 aliphatic carbocycles. The Kier molecular flexibility index (Phi) is 5.61. The van der Waals surface area contributed by atoms with Crippen LogP contribution in [0.1, 0.15) is 48.7 Å². The van der Waals surface area contributed by atoms with Crippen molar-refractivity contribution in [2.24, 2.45) is 0 Å². The molecule has 0 saturated heterocycles. The Bertz CT molecular complexity index is 744. The van der Waals surface area contributed by atoms with Crippen LogP contribution >= 0.6 is 23.6 Å². The number of aromatic nitrogens is 1. The number of anilines is 2. The van der Waals surface area contributed by atoms with Gasteiger partial charge in [0, 0.05) is 16.4 Å². The summed E-state index contributed by atoms with van der Waals surface area (Å²) in [6.07, 6.45) is 0.828. The lowest BCUT2D eigenvalue weighted by atomic mass is 9.93. The second-order valence-corrected chi connectivity index (χ2v) is 7.75. The number of methoxy groups -OCH3 is 1. The molecule has 2 aromatic rings. The third-order valence-corrected chi connectivity index (χ3v) is 4.65. The van der Waals surface area contributed by atoms with Crippen molar-refractivity contribution in [2.45, 2.75) is 39.5 Å². The number of carbonyl (C=O) groups excluding carboxylic acids is 1. The minimum Gasteiger partial charge on any atom is -0.465 e. The average Bonchev–Trinajstić information content (AvgIpc) is 3.12. The Hall–Kier alpha value is -1.93. The van der Waals surface area contributed by atoms with Gasteiger partial charge in [0.2, 0.25) is 0 Å². The lowest BCUT2D eigenvalue weighted by molar-refractivity contribution is 0.0602. The maximum atomic E-state index is 11.9. The number of thiocarbonyl (C=S) groups is 1. The molecule has 2 aromatic heterocycles. The van der Waals surface area contributed by atoms with Gasteiger partial charge < -0.3 is 19.9 Å². The van der Waals surface area contributed by atoms with Gasteiger partial charge >= 0.3 is 5.97 Å². The summed E-state index contributed by atoms with van der Waals surface area (Å²) in [6, 6.07) is 3.62. The van der Waals surface area contributed by atoms with Crippen molar-refractivity contribution in [2.75, 3.05) is 17.7 Å². The maximum absolute atomic E-state index is 11.9. The molecule has 0 aromatic carbocycles. The predicted molar refractivity (Wildman–Crippen MR) is 100 cm³/mol. The van der Waals surface area contributed by atoms with Crippen LogP contribution < -0.4 is 10.6 Å². The second kappa shape index (κ2) is 7.31. The normalized spacial score (nSPS) is 11.2. The molecule has 0 aliphatic rings. The Morgan fingerprint density at radius 1 is 1.38 bits per heavy atom. The van der Waals surface area contributed by atoms with Gasteiger partial charge in [-0.3, -0.25) is 0 Å². The first-order valence-electron chi connectivity index (χ1n) is 7.50. The molecule has 0 saturated carbocycles. The van der Waals surface area contributed by atoms with Crippen molar-refractivity contribution in [3.8, 4) is 0 Å². The van der Waals surface area contributed by atoms with Crippen molar-refractivity contribution in [3.63, 3.8) is 0 Å². The molecule has 0 fully saturated rings. The quantitative estimate of drug-likeness (QED) is 0.620. The molecule has 24 heavy (non-hydrogen) atoms. The molecule has 130 valence electrons. The smallest absolute Gasteiger partial charge is 0.340 e. The third-order valence-electron chi connectivity index (χ3n) is 3.25. The lowest BCUT2D eigenvalue weighted by Gasteiger charge is -2.12. The molecular formula is C16H21N3O3S2. The first-order valence-corrected chi connectivity index (χ1v) is 8.73. The van der Waals surface area contributed by atoms with Gasteiger partial charge in [-0.25, -0.2) is 4.79 Å². The highest BCUT2D eigenvalue weighted by atomic mass is 32.1. The van der Waals surface area contributed by atoms with E-state index in [9.17, 15) is 4.79 Å². The first-order chi connectivity index (χ1) is 11.2. The van der Waals surface area contributed by atoms with Crippen molar-refractivity contribution >= 4 is 45.5 Å². The number of carbonyl (C=O) groups is 1. The zero-order chi connectivity index (χ0) is 17.9. The number of nitrogens with zero attached hydrogens (tertiary/aromatic N) is 1. The van der Waals surface area contributed by atoms with E-state index in [-0.39, 0.29) is 5.41 Å². The van der Waals surface area contributed by atoms with Crippen LogP contribution in [0.3, 0.4) is 0 Å². The van der Waals surface area contributed by atoms with Crippen LogP contribution in [0.2, 0.25) is 0 Å². The predicted octanol–water partition coefficient (Wildman–Crippen LogP) is 4.19. The fourth-order valence-electron chi connectivity index (χ4n) is 1.91. The van der Waals surface area contributed by atoms with Crippen LogP contribution in [0, 0.1) is 0 Å². The van der Waals surface area contributed by atoms with Gasteiger partial charge in [-0.2, -0.15) is 0 Å². The standard InChI is InChI=1S/C16H21N3O3S2/c1-6-9-7-10(14(20)21-5)13(24-9)18-15(23)17-12-8-11(22-19-12)16(2,3)4/h7-8H,6H2,1-5H3,(H2,17,18,19,23). The summed E-state index contributed by atoms with van der Waals surface area (Å²) in [5, 5.41) is 10.9. The highest BCUT2D eigenvalue weighted by Gasteiger charge is 2.21. The van der Waals surface area contributed by atoms with Gasteiger partial charge in [0.05, 0.1) is 12.7 Å². The van der Waals surface area contributed by atoms with Gasteiger partial charge in [-0.1, -0.05) is 32.9 Å². The zero-order valence-electron chi connectivity index (χ0n) is 14.4. The fourth-order valence-corrected chi connectivity index (χ4v) is 3.17. The van der Waals surface area contributed by atoms with Gasteiger partial charge in [-0.15, -0.1) is 11.3 Å². The van der Waals surface area contributed by atoms with E-state index in [2.05, 4.69) is 15.8 Å². The number of ether oxygens (including phenoxy) is 1. The summed E-state index contributed by atoms with van der Waals surface area (Å²) in [5.41, 5.74) is 0.336. The third kappa shape index (κ3) is 4.33. The number of rotatable bonds is 4. The van der Waals surface area contributed by atoms with E-state index in [0.29, 0.717) is 21.5 Å². The van der Waals surface area contributed by atoms with E-state index in [4.69, 9.17) is 21.5 Å². The number of hydrogen-bond acceptors (Lipinski definition) is 6. The van der Waals surface area contributed by atoms with Gasteiger partial charge in [0.1, 0.15) is 10.8 Å². The van der Waals surface area contributed by atoms with E-state index < -0.39 is 5.97 Å². The Balaban J connectivity index is 2.11. The van der Waals surface area contributed by atoms with Crippen molar-refractivity contribution in [1.82, 2.24) is 5.16 Å². The second-order valence-electron chi connectivity index (χ2n) is 6.21. The molecule has 0 spiro atoms. The molecule has 0 bridgehead atoms. The van der Waals surface area contributed by atoms with E-state index >= 15 is 0 Å². The summed E-state index contributed by atoms with van der Waals surface area (Å²) in [4.78, 5) is 12.9. The van der Waals surface area contributed by atoms with Gasteiger partial charge in [0.15, 0.2) is 10.9 Å². The lowest BCUT2D eigenvalue weighted by Crippen LogP contribution is -2.20. The van der Waals surface area contributed by atoms with Crippen molar-refractivity contribution in [3.05, 3.63) is 28.3 Å².